The molecule has 0 amide bonds. The molecule has 31 heavy (non-hydrogen) atoms. The van der Waals surface area contributed by atoms with Gasteiger partial charge in [-0.2, -0.15) is 0 Å². The first kappa shape index (κ1) is 18.3. The minimum absolute atomic E-state index is 0.552. The van der Waals surface area contributed by atoms with Crippen molar-refractivity contribution in [2.75, 3.05) is 0 Å². The fourth-order valence-corrected chi connectivity index (χ4v) is 4.47. The fraction of sp³-hybridized carbons (Fsp3) is 0. The molecule has 8 bridgehead atoms. The molecule has 0 aliphatic carbocycles. The number of halogens is 2. The number of fused-ring (bicyclic) bond motifs is 5. The van der Waals surface area contributed by atoms with E-state index in [1.54, 1.807) is 0 Å². The zero-order valence-corrected chi connectivity index (χ0v) is 17.6. The lowest BCUT2D eigenvalue weighted by atomic mass is 9.98. The Morgan fingerprint density at radius 3 is 1.90 bits per heavy atom. The van der Waals surface area contributed by atoms with Crippen LogP contribution in [0.1, 0.15) is 5.56 Å². The van der Waals surface area contributed by atoms with Crippen LogP contribution in [-0.2, 0) is 0 Å². The molecule has 0 fully saturated rings. The minimum Gasteiger partial charge on any atom is -0.355 e. The van der Waals surface area contributed by atoms with Crippen molar-refractivity contribution in [3.63, 3.8) is 0 Å². The van der Waals surface area contributed by atoms with Gasteiger partial charge < -0.3 is 4.98 Å². The molecule has 1 N–H and O–H groups in total. The van der Waals surface area contributed by atoms with E-state index in [4.69, 9.17) is 38.2 Å². The Bertz CT molecular complexity index is 1520. The van der Waals surface area contributed by atoms with Crippen LogP contribution in [0.5, 0.6) is 0 Å². The number of nitrogens with one attached hydrogen (secondary N) is 1. The highest BCUT2D eigenvalue weighted by molar-refractivity contribution is 6.43. The zero-order chi connectivity index (χ0) is 20.9. The summed E-state index contributed by atoms with van der Waals surface area (Å²) >= 11 is 13.2. The van der Waals surface area contributed by atoms with Crippen LogP contribution in [0.2, 0.25) is 10.0 Å². The molecule has 6 heteroatoms. The van der Waals surface area contributed by atoms with Crippen molar-refractivity contribution in [1.82, 2.24) is 4.98 Å². The second kappa shape index (κ2) is 7.05. The van der Waals surface area contributed by atoms with E-state index in [9.17, 15) is 0 Å². The van der Waals surface area contributed by atoms with Crippen molar-refractivity contribution >= 4 is 58.1 Å². The summed E-state index contributed by atoms with van der Waals surface area (Å²) in [6.07, 6.45) is 15.8. The highest BCUT2D eigenvalue weighted by atomic mass is 35.5. The van der Waals surface area contributed by atoms with Gasteiger partial charge in [0, 0.05) is 21.8 Å². The van der Waals surface area contributed by atoms with Gasteiger partial charge in [-0.05, 0) is 72.9 Å². The Morgan fingerprint density at radius 1 is 0.613 bits per heavy atom. The van der Waals surface area contributed by atoms with Crippen molar-refractivity contribution in [1.29, 1.82) is 0 Å². The van der Waals surface area contributed by atoms with E-state index in [1.807, 2.05) is 78.9 Å². The SMILES string of the molecule is Clc1cccc(Cl)c1C1=C2C=CC(=N2)C=c2ccc([nH]2)=CC2=NC(=C3C=CC1=N3)C=C2. The van der Waals surface area contributed by atoms with Crippen LogP contribution in [-0.4, -0.2) is 22.1 Å². The first-order valence-electron chi connectivity index (χ1n) is 9.76. The van der Waals surface area contributed by atoms with E-state index in [-0.39, 0.29) is 0 Å². The van der Waals surface area contributed by atoms with Crippen LogP contribution in [0.4, 0.5) is 0 Å². The zero-order valence-electron chi connectivity index (χ0n) is 16.1. The lowest BCUT2D eigenvalue weighted by Gasteiger charge is -2.12. The summed E-state index contributed by atoms with van der Waals surface area (Å²) in [7, 11) is 0. The molecule has 0 unspecified atom stereocenters. The topological polar surface area (TPSA) is 52.9 Å². The van der Waals surface area contributed by atoms with E-state index >= 15 is 0 Å². The second-order valence-corrected chi connectivity index (χ2v) is 8.17. The largest absolute Gasteiger partial charge is 0.355 e. The van der Waals surface area contributed by atoms with Crippen molar-refractivity contribution in [2.45, 2.75) is 0 Å². The number of allylic oxidation sites excluding steroid dienone is 7. The Hall–Kier alpha value is -3.47. The molecule has 4 aliphatic rings. The van der Waals surface area contributed by atoms with Crippen LogP contribution in [0.3, 0.4) is 0 Å². The van der Waals surface area contributed by atoms with Gasteiger partial charge in [-0.25, -0.2) is 15.0 Å². The van der Waals surface area contributed by atoms with Gasteiger partial charge in [0.2, 0.25) is 0 Å². The molecule has 1 aromatic heterocycles. The van der Waals surface area contributed by atoms with E-state index in [0.29, 0.717) is 10.0 Å². The molecule has 0 radical (unpaired) electrons. The van der Waals surface area contributed by atoms with Gasteiger partial charge in [0.15, 0.2) is 0 Å². The first-order chi connectivity index (χ1) is 15.1. The van der Waals surface area contributed by atoms with Gasteiger partial charge in [0.1, 0.15) is 0 Å². The number of nitrogens with zero attached hydrogens (tertiary/aromatic N) is 3. The maximum atomic E-state index is 6.59. The fourth-order valence-electron chi connectivity index (χ4n) is 3.88. The van der Waals surface area contributed by atoms with Crippen molar-refractivity contribution in [2.24, 2.45) is 15.0 Å². The maximum absolute atomic E-state index is 6.59. The Labute approximate surface area is 188 Å². The smallest absolute Gasteiger partial charge is 0.0894 e. The molecule has 0 atom stereocenters. The average molecular weight is 441 g/mol. The third-order valence-electron chi connectivity index (χ3n) is 5.29. The highest BCUT2D eigenvalue weighted by Crippen LogP contribution is 2.37. The standard InChI is InChI=1S/C25H14Cl2N4/c26-18-2-1-3-19(27)24(18)25-22-9-7-17(30-22)13-15-5-4-14(28-15)12-16-6-8-20(29-16)21-10-11-23(25)31-21/h1-13,28H. The maximum Gasteiger partial charge on any atom is 0.0894 e. The first-order valence-corrected chi connectivity index (χ1v) is 10.5. The summed E-state index contributed by atoms with van der Waals surface area (Å²) < 4.78 is 0. The molecular formula is C25H14Cl2N4. The molecule has 5 heterocycles. The average Bonchev–Trinajstić information content (AvgIpc) is 3.53. The van der Waals surface area contributed by atoms with Crippen LogP contribution < -0.4 is 10.7 Å². The summed E-state index contributed by atoms with van der Waals surface area (Å²) in [5.74, 6) is 0. The normalized spacial score (nSPS) is 18.5. The Kier molecular flexibility index (Phi) is 4.16. The Balaban J connectivity index is 1.68. The number of benzene rings is 1. The minimum atomic E-state index is 0.552. The summed E-state index contributed by atoms with van der Waals surface area (Å²) in [5, 5.41) is 3.04. The Morgan fingerprint density at radius 2 is 1.19 bits per heavy atom. The predicted octanol–water partition coefficient (Wildman–Crippen LogP) is 4.55. The van der Waals surface area contributed by atoms with Gasteiger partial charge in [-0.1, -0.05) is 29.3 Å². The molecule has 148 valence electrons. The van der Waals surface area contributed by atoms with E-state index in [0.717, 1.165) is 56.1 Å². The van der Waals surface area contributed by atoms with Gasteiger partial charge in [-0.15, -0.1) is 0 Å². The molecule has 6 rings (SSSR count). The molecule has 2 aromatic rings. The summed E-state index contributed by atoms with van der Waals surface area (Å²) in [4.78, 5) is 17.8. The van der Waals surface area contributed by atoms with E-state index < -0.39 is 0 Å². The lowest BCUT2D eigenvalue weighted by molar-refractivity contribution is 1.27. The van der Waals surface area contributed by atoms with Gasteiger partial charge in [0.25, 0.3) is 0 Å². The van der Waals surface area contributed by atoms with Crippen LogP contribution in [0.25, 0.3) is 17.7 Å². The quantitative estimate of drug-likeness (QED) is 0.675. The number of aromatic amines is 1. The monoisotopic (exact) mass is 440 g/mol. The van der Waals surface area contributed by atoms with Crippen LogP contribution in [0, 0.1) is 0 Å². The second-order valence-electron chi connectivity index (χ2n) is 7.36. The van der Waals surface area contributed by atoms with Crippen molar-refractivity contribution in [3.8, 4) is 0 Å². The van der Waals surface area contributed by atoms with Gasteiger partial charge in [-0.3, -0.25) is 0 Å². The molecule has 0 spiro atoms. The summed E-state index contributed by atoms with van der Waals surface area (Å²) in [5.41, 5.74) is 6.32. The predicted molar refractivity (Wildman–Crippen MR) is 129 cm³/mol. The van der Waals surface area contributed by atoms with Crippen LogP contribution >= 0.6 is 23.2 Å². The molecule has 1 aromatic carbocycles. The number of H-pyrrole nitrogens is 1. The number of rotatable bonds is 1. The summed E-state index contributed by atoms with van der Waals surface area (Å²) in [6, 6.07) is 9.53. The molecule has 4 nitrogen and oxygen atoms in total. The molecule has 4 aliphatic heterocycles. The molecular weight excluding hydrogens is 427 g/mol. The number of aliphatic imine (C=N–C) groups is 3. The van der Waals surface area contributed by atoms with Crippen LogP contribution in [0.15, 0.2) is 98.9 Å². The van der Waals surface area contributed by atoms with Gasteiger partial charge in [0.05, 0.1) is 44.3 Å². The molecule has 0 saturated heterocycles. The third kappa shape index (κ3) is 3.21. The van der Waals surface area contributed by atoms with Gasteiger partial charge >= 0.3 is 0 Å². The van der Waals surface area contributed by atoms with E-state index in [2.05, 4.69) is 4.98 Å². The van der Waals surface area contributed by atoms with E-state index in [1.165, 1.54) is 0 Å². The lowest BCUT2D eigenvalue weighted by Crippen LogP contribution is -2.12. The number of hydrogen-bond acceptors (Lipinski definition) is 3. The third-order valence-corrected chi connectivity index (χ3v) is 5.92. The highest BCUT2D eigenvalue weighted by Gasteiger charge is 2.23. The van der Waals surface area contributed by atoms with Crippen molar-refractivity contribution < 1.29 is 0 Å². The molecule has 0 saturated carbocycles. The summed E-state index contributed by atoms with van der Waals surface area (Å²) in [6.45, 7) is 0. The number of aromatic nitrogens is 1. The van der Waals surface area contributed by atoms with Crippen molar-refractivity contribution in [3.05, 3.63) is 110 Å². The number of hydrogen-bond donors (Lipinski definition) is 1.